The smallest absolute Gasteiger partial charge is 0.0611 e. The highest BCUT2D eigenvalue weighted by Crippen LogP contribution is 2.36. The van der Waals surface area contributed by atoms with Gasteiger partial charge in [-0.2, -0.15) is 0 Å². The highest BCUT2D eigenvalue weighted by atomic mass is 16.5. The molecule has 0 spiro atoms. The summed E-state index contributed by atoms with van der Waals surface area (Å²) in [5.74, 6) is 0.781. The van der Waals surface area contributed by atoms with Crippen molar-refractivity contribution in [2.75, 3.05) is 6.61 Å². The van der Waals surface area contributed by atoms with Crippen LogP contribution < -0.4 is 0 Å². The number of hydrogen-bond acceptors (Lipinski definition) is 1. The van der Waals surface area contributed by atoms with Gasteiger partial charge in [-0.15, -0.1) is 0 Å². The second-order valence-electron chi connectivity index (χ2n) is 4.09. The van der Waals surface area contributed by atoms with Gasteiger partial charge in [0.25, 0.3) is 0 Å². The molecule has 0 unspecified atom stereocenters. The van der Waals surface area contributed by atoms with Gasteiger partial charge in [-0.1, -0.05) is 37.3 Å². The van der Waals surface area contributed by atoms with Crippen molar-refractivity contribution < 1.29 is 4.74 Å². The van der Waals surface area contributed by atoms with Crippen molar-refractivity contribution in [2.45, 2.75) is 32.3 Å². The van der Waals surface area contributed by atoms with Crippen LogP contribution in [-0.2, 0) is 11.2 Å². The van der Waals surface area contributed by atoms with Gasteiger partial charge in [-0.3, -0.25) is 0 Å². The second-order valence-corrected chi connectivity index (χ2v) is 4.09. The summed E-state index contributed by atoms with van der Waals surface area (Å²) in [5.41, 5.74) is 1.44. The first-order valence-corrected chi connectivity index (χ1v) is 5.55. The predicted octanol–water partition coefficient (Wildman–Crippen LogP) is 3.04. The molecule has 1 aromatic carbocycles. The maximum atomic E-state index is 5.69. The van der Waals surface area contributed by atoms with Crippen LogP contribution >= 0.6 is 0 Å². The fourth-order valence-corrected chi connectivity index (χ4v) is 1.82. The lowest BCUT2D eigenvalue weighted by Crippen LogP contribution is -1.99. The van der Waals surface area contributed by atoms with Crippen molar-refractivity contribution in [3.05, 3.63) is 35.9 Å². The van der Waals surface area contributed by atoms with E-state index < -0.39 is 0 Å². The second kappa shape index (κ2) is 4.61. The Morgan fingerprint density at radius 2 is 2.07 bits per heavy atom. The summed E-state index contributed by atoms with van der Waals surface area (Å²) in [4.78, 5) is 0. The number of rotatable bonds is 5. The molecule has 0 bridgehead atoms. The first kappa shape index (κ1) is 9.72. The van der Waals surface area contributed by atoms with Crippen molar-refractivity contribution in [3.63, 3.8) is 0 Å². The largest absolute Gasteiger partial charge is 0.378 e. The Hall–Kier alpha value is -0.820. The first-order chi connectivity index (χ1) is 6.90. The van der Waals surface area contributed by atoms with Gasteiger partial charge >= 0.3 is 0 Å². The average molecular weight is 190 g/mol. The van der Waals surface area contributed by atoms with Gasteiger partial charge in [-0.05, 0) is 30.7 Å². The van der Waals surface area contributed by atoms with Crippen LogP contribution in [0.25, 0.3) is 0 Å². The van der Waals surface area contributed by atoms with E-state index in [1.807, 2.05) is 0 Å². The molecule has 1 nitrogen and oxygen atoms in total. The average Bonchev–Trinajstić information content (AvgIpc) is 2.95. The SMILES string of the molecule is CCCO[C@H]1C[C@H]1Cc1ccccc1. The van der Waals surface area contributed by atoms with E-state index in [1.165, 1.54) is 18.4 Å². The summed E-state index contributed by atoms with van der Waals surface area (Å²) >= 11 is 0. The van der Waals surface area contributed by atoms with Crippen LogP contribution in [0.3, 0.4) is 0 Å². The predicted molar refractivity (Wildman–Crippen MR) is 58.3 cm³/mol. The minimum absolute atomic E-state index is 0.551. The highest BCUT2D eigenvalue weighted by Gasteiger charge is 2.37. The molecule has 2 atom stereocenters. The molecule has 1 saturated carbocycles. The normalized spacial score (nSPS) is 24.9. The molecule has 0 saturated heterocycles. The number of hydrogen-bond donors (Lipinski definition) is 0. The van der Waals surface area contributed by atoms with E-state index in [9.17, 15) is 0 Å². The molecule has 0 N–H and O–H groups in total. The summed E-state index contributed by atoms with van der Waals surface area (Å²) in [5, 5.41) is 0. The number of benzene rings is 1. The Morgan fingerprint density at radius 1 is 1.29 bits per heavy atom. The minimum Gasteiger partial charge on any atom is -0.378 e. The monoisotopic (exact) mass is 190 g/mol. The molecule has 1 aliphatic carbocycles. The van der Waals surface area contributed by atoms with E-state index in [-0.39, 0.29) is 0 Å². The quantitative estimate of drug-likeness (QED) is 0.693. The molecule has 1 fully saturated rings. The molecule has 14 heavy (non-hydrogen) atoms. The lowest BCUT2D eigenvalue weighted by molar-refractivity contribution is 0.109. The fourth-order valence-electron chi connectivity index (χ4n) is 1.82. The van der Waals surface area contributed by atoms with E-state index in [4.69, 9.17) is 4.74 Å². The molecule has 1 aliphatic rings. The standard InChI is InChI=1S/C13H18O/c1-2-8-14-13-10-12(13)9-11-6-4-3-5-7-11/h3-7,12-13H,2,8-10H2,1H3/t12-,13+/m1/s1. The first-order valence-electron chi connectivity index (χ1n) is 5.55. The van der Waals surface area contributed by atoms with Crippen LogP contribution in [0, 0.1) is 5.92 Å². The lowest BCUT2D eigenvalue weighted by Gasteiger charge is -2.01. The van der Waals surface area contributed by atoms with Gasteiger partial charge in [0.2, 0.25) is 0 Å². The molecule has 1 aromatic rings. The Labute approximate surface area is 86.1 Å². The van der Waals surface area contributed by atoms with Crippen LogP contribution in [0.2, 0.25) is 0 Å². The van der Waals surface area contributed by atoms with Crippen molar-refractivity contribution >= 4 is 0 Å². The van der Waals surface area contributed by atoms with E-state index >= 15 is 0 Å². The molecule has 0 radical (unpaired) electrons. The molecule has 0 amide bonds. The molecule has 1 heteroatoms. The molecular formula is C13H18O. The van der Waals surface area contributed by atoms with E-state index in [0.29, 0.717) is 6.10 Å². The molecular weight excluding hydrogens is 172 g/mol. The molecule has 0 aromatic heterocycles. The molecule has 2 rings (SSSR count). The van der Waals surface area contributed by atoms with Crippen molar-refractivity contribution in [1.29, 1.82) is 0 Å². The highest BCUT2D eigenvalue weighted by molar-refractivity contribution is 5.17. The molecule has 76 valence electrons. The van der Waals surface area contributed by atoms with Crippen LogP contribution in [0.4, 0.5) is 0 Å². The Morgan fingerprint density at radius 3 is 2.79 bits per heavy atom. The van der Waals surface area contributed by atoms with Gasteiger partial charge < -0.3 is 4.74 Å². The van der Waals surface area contributed by atoms with Gasteiger partial charge in [0.1, 0.15) is 0 Å². The Kier molecular flexibility index (Phi) is 3.20. The summed E-state index contributed by atoms with van der Waals surface area (Å²) in [6.07, 6.45) is 4.13. The van der Waals surface area contributed by atoms with Crippen LogP contribution in [0.1, 0.15) is 25.3 Å². The van der Waals surface area contributed by atoms with Crippen molar-refractivity contribution in [2.24, 2.45) is 5.92 Å². The summed E-state index contributed by atoms with van der Waals surface area (Å²) < 4.78 is 5.69. The maximum Gasteiger partial charge on any atom is 0.0611 e. The van der Waals surface area contributed by atoms with Crippen LogP contribution in [0.5, 0.6) is 0 Å². The summed E-state index contributed by atoms with van der Waals surface area (Å²) in [7, 11) is 0. The zero-order valence-corrected chi connectivity index (χ0v) is 8.78. The van der Waals surface area contributed by atoms with Gasteiger partial charge in [-0.25, -0.2) is 0 Å². The van der Waals surface area contributed by atoms with E-state index in [0.717, 1.165) is 18.9 Å². The molecule has 0 aliphatic heterocycles. The van der Waals surface area contributed by atoms with Gasteiger partial charge in [0.15, 0.2) is 0 Å². The van der Waals surface area contributed by atoms with E-state index in [2.05, 4.69) is 37.3 Å². The Bertz CT molecular complexity index is 268. The fraction of sp³-hybridized carbons (Fsp3) is 0.538. The third kappa shape index (κ3) is 2.58. The van der Waals surface area contributed by atoms with Crippen LogP contribution in [-0.4, -0.2) is 12.7 Å². The van der Waals surface area contributed by atoms with E-state index in [1.54, 1.807) is 0 Å². The lowest BCUT2D eigenvalue weighted by atomic mass is 10.1. The minimum atomic E-state index is 0.551. The topological polar surface area (TPSA) is 9.23 Å². The van der Waals surface area contributed by atoms with Crippen molar-refractivity contribution in [3.8, 4) is 0 Å². The maximum absolute atomic E-state index is 5.69. The summed E-state index contributed by atoms with van der Waals surface area (Å²) in [6, 6.07) is 10.7. The zero-order valence-electron chi connectivity index (χ0n) is 8.78. The zero-order chi connectivity index (χ0) is 9.80. The third-order valence-electron chi connectivity index (χ3n) is 2.73. The third-order valence-corrected chi connectivity index (χ3v) is 2.73. The van der Waals surface area contributed by atoms with Crippen LogP contribution in [0.15, 0.2) is 30.3 Å². The Balaban J connectivity index is 1.74. The summed E-state index contributed by atoms with van der Waals surface area (Å²) in [6.45, 7) is 3.09. The number of ether oxygens (including phenoxy) is 1. The van der Waals surface area contributed by atoms with Crippen molar-refractivity contribution in [1.82, 2.24) is 0 Å². The van der Waals surface area contributed by atoms with Gasteiger partial charge in [0, 0.05) is 6.61 Å². The molecule has 0 heterocycles. The van der Waals surface area contributed by atoms with Gasteiger partial charge in [0.05, 0.1) is 6.10 Å².